The van der Waals surface area contributed by atoms with Gasteiger partial charge in [-0.3, -0.25) is 19.3 Å². The van der Waals surface area contributed by atoms with Crippen molar-refractivity contribution in [1.82, 2.24) is 0 Å². The summed E-state index contributed by atoms with van der Waals surface area (Å²) in [5.74, 6) is 0.0477. The zero-order chi connectivity index (χ0) is 22.7. The molecule has 0 aromatic heterocycles. The second-order valence-corrected chi connectivity index (χ2v) is 7.05. The van der Waals surface area contributed by atoms with Crippen molar-refractivity contribution in [3.63, 3.8) is 0 Å². The van der Waals surface area contributed by atoms with Crippen molar-refractivity contribution in [3.8, 4) is 11.5 Å². The van der Waals surface area contributed by atoms with Gasteiger partial charge in [-0.2, -0.15) is 0 Å². The molecule has 8 nitrogen and oxygen atoms in total. The molecule has 0 saturated heterocycles. The number of fused-ring (bicyclic) bond motifs is 1. The molecular weight excluding hydrogens is 410 g/mol. The number of benzene rings is 3. The minimum Gasteiger partial charge on any atom is -0.497 e. The number of hydrogen-bond acceptors (Lipinski definition) is 5. The number of carbonyl (C=O) groups excluding carboxylic acids is 3. The minimum atomic E-state index is -0.356. The molecule has 0 spiro atoms. The Bertz CT molecular complexity index is 1190. The van der Waals surface area contributed by atoms with Crippen LogP contribution in [0.15, 0.2) is 66.7 Å². The fraction of sp³-hybridized carbons (Fsp3) is 0.125. The summed E-state index contributed by atoms with van der Waals surface area (Å²) in [6.07, 6.45) is 0. The van der Waals surface area contributed by atoms with E-state index >= 15 is 0 Å². The summed E-state index contributed by atoms with van der Waals surface area (Å²) in [4.78, 5) is 39.2. The summed E-state index contributed by atoms with van der Waals surface area (Å²) in [6.45, 7) is -0.0639. The summed E-state index contributed by atoms with van der Waals surface area (Å²) in [5, 5.41) is 5.55. The summed E-state index contributed by atoms with van der Waals surface area (Å²) in [5.41, 5.74) is 2.50. The molecule has 3 aromatic rings. The standard InChI is InChI=1S/C24H21N3O5/c1-31-17-11-12-18(21(13-17)32-2)23(29)25-16-9-7-15(8-10-16)24(30)27-14-22(28)26-19-5-3-4-6-20(19)27/h3-13H,14H2,1-2H3,(H,25,29)(H,26,28). The van der Waals surface area contributed by atoms with Gasteiger partial charge in [0.05, 0.1) is 31.2 Å². The molecular formula is C24H21N3O5. The Hall–Kier alpha value is -4.33. The van der Waals surface area contributed by atoms with Crippen LogP contribution in [0.25, 0.3) is 0 Å². The number of para-hydroxylation sites is 2. The molecule has 2 N–H and O–H groups in total. The number of nitrogens with zero attached hydrogens (tertiary/aromatic N) is 1. The highest BCUT2D eigenvalue weighted by atomic mass is 16.5. The lowest BCUT2D eigenvalue weighted by molar-refractivity contribution is -0.115. The van der Waals surface area contributed by atoms with Gasteiger partial charge in [-0.15, -0.1) is 0 Å². The lowest BCUT2D eigenvalue weighted by Gasteiger charge is -2.29. The Kier molecular flexibility index (Phi) is 5.76. The van der Waals surface area contributed by atoms with Crippen molar-refractivity contribution in [1.29, 1.82) is 0 Å². The third-order valence-electron chi connectivity index (χ3n) is 5.06. The molecule has 1 heterocycles. The SMILES string of the molecule is COc1ccc(C(=O)Nc2ccc(C(=O)N3CC(=O)Nc4ccccc43)cc2)c(OC)c1. The predicted molar refractivity (Wildman–Crippen MR) is 121 cm³/mol. The normalized spacial score (nSPS) is 12.4. The van der Waals surface area contributed by atoms with Gasteiger partial charge in [0.1, 0.15) is 18.0 Å². The predicted octanol–water partition coefficient (Wildman–Crippen LogP) is 3.56. The van der Waals surface area contributed by atoms with Gasteiger partial charge >= 0.3 is 0 Å². The molecule has 0 fully saturated rings. The number of methoxy groups -OCH3 is 2. The third-order valence-corrected chi connectivity index (χ3v) is 5.06. The first-order chi connectivity index (χ1) is 15.5. The molecule has 0 atom stereocenters. The summed E-state index contributed by atoms with van der Waals surface area (Å²) in [7, 11) is 3.01. The van der Waals surface area contributed by atoms with Crippen molar-refractivity contribution in [2.45, 2.75) is 0 Å². The zero-order valence-electron chi connectivity index (χ0n) is 17.5. The second kappa shape index (κ2) is 8.81. The van der Waals surface area contributed by atoms with E-state index in [9.17, 15) is 14.4 Å². The summed E-state index contributed by atoms with van der Waals surface area (Å²) >= 11 is 0. The van der Waals surface area contributed by atoms with Crippen LogP contribution in [0.5, 0.6) is 11.5 Å². The maximum Gasteiger partial charge on any atom is 0.259 e. The van der Waals surface area contributed by atoms with E-state index in [1.54, 1.807) is 60.7 Å². The minimum absolute atomic E-state index is 0.0639. The number of anilines is 3. The first-order valence-electron chi connectivity index (χ1n) is 9.84. The van der Waals surface area contributed by atoms with Crippen LogP contribution in [-0.4, -0.2) is 38.5 Å². The number of ether oxygens (including phenoxy) is 2. The topological polar surface area (TPSA) is 97.0 Å². The number of amides is 3. The van der Waals surface area contributed by atoms with Crippen LogP contribution in [0.1, 0.15) is 20.7 Å². The second-order valence-electron chi connectivity index (χ2n) is 7.05. The van der Waals surface area contributed by atoms with Gasteiger partial charge in [-0.1, -0.05) is 12.1 Å². The van der Waals surface area contributed by atoms with Gasteiger partial charge in [0.15, 0.2) is 0 Å². The van der Waals surface area contributed by atoms with Crippen LogP contribution in [0, 0.1) is 0 Å². The Morgan fingerprint density at radius 2 is 1.72 bits per heavy atom. The Balaban J connectivity index is 1.51. The van der Waals surface area contributed by atoms with Crippen molar-refractivity contribution in [2.24, 2.45) is 0 Å². The highest BCUT2D eigenvalue weighted by molar-refractivity contribution is 6.15. The number of carbonyl (C=O) groups is 3. The fourth-order valence-corrected chi connectivity index (χ4v) is 3.45. The van der Waals surface area contributed by atoms with E-state index in [1.165, 1.54) is 19.1 Å². The van der Waals surface area contributed by atoms with Gasteiger partial charge in [-0.05, 0) is 48.5 Å². The largest absolute Gasteiger partial charge is 0.497 e. The molecule has 0 saturated carbocycles. The first-order valence-corrected chi connectivity index (χ1v) is 9.84. The molecule has 3 aromatic carbocycles. The molecule has 0 aliphatic carbocycles. The van der Waals surface area contributed by atoms with Crippen molar-refractivity contribution in [2.75, 3.05) is 36.3 Å². The van der Waals surface area contributed by atoms with E-state index in [-0.39, 0.29) is 24.3 Å². The van der Waals surface area contributed by atoms with Crippen LogP contribution in [0.4, 0.5) is 17.1 Å². The lowest BCUT2D eigenvalue weighted by atomic mass is 10.1. The van der Waals surface area contributed by atoms with Crippen LogP contribution in [0.3, 0.4) is 0 Å². The van der Waals surface area contributed by atoms with E-state index in [4.69, 9.17) is 9.47 Å². The summed E-state index contributed by atoms with van der Waals surface area (Å²) < 4.78 is 10.4. The highest BCUT2D eigenvalue weighted by Crippen LogP contribution is 2.30. The first kappa shape index (κ1) is 20.9. The van der Waals surface area contributed by atoms with E-state index in [2.05, 4.69) is 10.6 Å². The smallest absolute Gasteiger partial charge is 0.259 e. The van der Waals surface area contributed by atoms with E-state index < -0.39 is 0 Å². The molecule has 0 bridgehead atoms. The maximum atomic E-state index is 13.0. The molecule has 1 aliphatic heterocycles. The molecule has 162 valence electrons. The average molecular weight is 431 g/mol. The quantitative estimate of drug-likeness (QED) is 0.644. The number of nitrogens with one attached hydrogen (secondary N) is 2. The molecule has 4 rings (SSSR count). The van der Waals surface area contributed by atoms with E-state index in [1.807, 2.05) is 6.07 Å². The number of hydrogen-bond donors (Lipinski definition) is 2. The van der Waals surface area contributed by atoms with Crippen molar-refractivity contribution >= 4 is 34.8 Å². The van der Waals surface area contributed by atoms with Crippen LogP contribution >= 0.6 is 0 Å². The molecule has 0 unspecified atom stereocenters. The van der Waals surface area contributed by atoms with E-state index in [0.29, 0.717) is 39.7 Å². The Morgan fingerprint density at radius 1 is 0.969 bits per heavy atom. The molecule has 3 amide bonds. The van der Waals surface area contributed by atoms with Gasteiger partial charge in [0, 0.05) is 17.3 Å². The number of rotatable bonds is 5. The molecule has 1 aliphatic rings. The average Bonchev–Trinajstić information content (AvgIpc) is 2.83. The molecule has 32 heavy (non-hydrogen) atoms. The lowest BCUT2D eigenvalue weighted by Crippen LogP contribution is -2.42. The van der Waals surface area contributed by atoms with Crippen LogP contribution < -0.4 is 25.0 Å². The Morgan fingerprint density at radius 3 is 2.44 bits per heavy atom. The van der Waals surface area contributed by atoms with E-state index in [0.717, 1.165) is 0 Å². The highest BCUT2D eigenvalue weighted by Gasteiger charge is 2.27. The third kappa shape index (κ3) is 4.11. The fourth-order valence-electron chi connectivity index (χ4n) is 3.45. The zero-order valence-corrected chi connectivity index (χ0v) is 17.5. The van der Waals surface area contributed by atoms with Crippen LogP contribution in [-0.2, 0) is 4.79 Å². The van der Waals surface area contributed by atoms with Gasteiger partial charge in [0.2, 0.25) is 5.91 Å². The van der Waals surface area contributed by atoms with Gasteiger partial charge in [-0.25, -0.2) is 0 Å². The van der Waals surface area contributed by atoms with Gasteiger partial charge in [0.25, 0.3) is 11.8 Å². The molecule has 8 heteroatoms. The Labute approximate surface area is 184 Å². The van der Waals surface area contributed by atoms with Gasteiger partial charge < -0.3 is 20.1 Å². The summed E-state index contributed by atoms with van der Waals surface area (Å²) in [6, 6.07) is 18.5. The van der Waals surface area contributed by atoms with Crippen molar-refractivity contribution in [3.05, 3.63) is 77.9 Å². The maximum absolute atomic E-state index is 13.0. The van der Waals surface area contributed by atoms with Crippen LogP contribution in [0.2, 0.25) is 0 Å². The monoisotopic (exact) mass is 431 g/mol. The molecule has 0 radical (unpaired) electrons. The van der Waals surface area contributed by atoms with Crippen molar-refractivity contribution < 1.29 is 23.9 Å².